The Labute approximate surface area is 106 Å². The number of nitrogens with zero attached hydrogens (tertiary/aromatic N) is 4. The van der Waals surface area contributed by atoms with Crippen LogP contribution in [0.5, 0.6) is 5.75 Å². The summed E-state index contributed by atoms with van der Waals surface area (Å²) in [5, 5.41) is 6.24. The molecule has 94 valence electrons. The molecule has 0 amide bonds. The maximum absolute atomic E-state index is 5.37. The molecule has 1 heterocycles. The van der Waals surface area contributed by atoms with Crippen molar-refractivity contribution in [3.8, 4) is 5.75 Å². The van der Waals surface area contributed by atoms with Crippen molar-refractivity contribution in [3.05, 3.63) is 48.5 Å². The lowest BCUT2D eigenvalue weighted by Gasteiger charge is -2.14. The predicted molar refractivity (Wildman–Crippen MR) is 70.8 cm³/mol. The van der Waals surface area contributed by atoms with Crippen molar-refractivity contribution in [1.29, 1.82) is 0 Å². The Balaban J connectivity index is 2.54. The van der Waals surface area contributed by atoms with Gasteiger partial charge in [0.05, 0.1) is 12.7 Å². The van der Waals surface area contributed by atoms with Gasteiger partial charge in [0.15, 0.2) is 5.84 Å². The minimum Gasteiger partial charge on any atom is -0.496 e. The van der Waals surface area contributed by atoms with Crippen LogP contribution < -0.4 is 4.74 Å². The Morgan fingerprint density at radius 1 is 1.33 bits per heavy atom. The van der Waals surface area contributed by atoms with E-state index in [1.54, 1.807) is 24.6 Å². The van der Waals surface area contributed by atoms with Crippen molar-refractivity contribution < 1.29 is 4.74 Å². The first-order valence-electron chi connectivity index (χ1n) is 5.60. The standard InChI is InChI=1S/C13H16N4O/c1-16(2)15-13(17-9-8-14-10-17)11-6-4-5-7-12(11)18-3/h4-10H,1-3H3/b15-13-. The van der Waals surface area contributed by atoms with Crippen LogP contribution in [0, 0.1) is 0 Å². The molecule has 0 bridgehead atoms. The number of para-hydroxylation sites is 1. The van der Waals surface area contributed by atoms with Crippen LogP contribution in [0.25, 0.3) is 0 Å². The first-order chi connectivity index (χ1) is 8.72. The lowest BCUT2D eigenvalue weighted by Crippen LogP contribution is -2.17. The lowest BCUT2D eigenvalue weighted by atomic mass is 10.2. The minimum absolute atomic E-state index is 0.773. The van der Waals surface area contributed by atoms with Gasteiger partial charge in [0.1, 0.15) is 12.1 Å². The van der Waals surface area contributed by atoms with Gasteiger partial charge in [0.2, 0.25) is 0 Å². The third-order valence-electron chi connectivity index (χ3n) is 2.39. The highest BCUT2D eigenvalue weighted by molar-refractivity contribution is 6.02. The molecule has 1 aromatic carbocycles. The molecule has 5 heteroatoms. The van der Waals surface area contributed by atoms with Crippen molar-refractivity contribution in [2.24, 2.45) is 5.10 Å². The van der Waals surface area contributed by atoms with E-state index in [4.69, 9.17) is 4.74 Å². The number of ether oxygens (including phenoxy) is 1. The van der Waals surface area contributed by atoms with Crippen LogP contribution >= 0.6 is 0 Å². The zero-order chi connectivity index (χ0) is 13.0. The molecule has 0 aliphatic rings. The van der Waals surface area contributed by atoms with E-state index in [0.29, 0.717) is 0 Å². The molecule has 0 fully saturated rings. The summed E-state index contributed by atoms with van der Waals surface area (Å²) in [5.41, 5.74) is 0.923. The number of benzene rings is 1. The summed E-state index contributed by atoms with van der Waals surface area (Å²) in [4.78, 5) is 4.05. The highest BCUT2D eigenvalue weighted by Crippen LogP contribution is 2.19. The van der Waals surface area contributed by atoms with Crippen LogP contribution in [0.1, 0.15) is 5.56 Å². The first-order valence-corrected chi connectivity index (χ1v) is 5.60. The summed E-state index contributed by atoms with van der Waals surface area (Å²) in [5.74, 6) is 1.56. The zero-order valence-corrected chi connectivity index (χ0v) is 10.7. The smallest absolute Gasteiger partial charge is 0.168 e. The van der Waals surface area contributed by atoms with E-state index < -0.39 is 0 Å². The molecule has 0 spiro atoms. The maximum Gasteiger partial charge on any atom is 0.168 e. The highest BCUT2D eigenvalue weighted by atomic mass is 16.5. The molecule has 5 nitrogen and oxygen atoms in total. The average Bonchev–Trinajstić information content (AvgIpc) is 2.89. The van der Waals surface area contributed by atoms with Gasteiger partial charge in [0, 0.05) is 26.5 Å². The van der Waals surface area contributed by atoms with E-state index in [0.717, 1.165) is 17.1 Å². The van der Waals surface area contributed by atoms with E-state index in [1.165, 1.54) is 0 Å². The summed E-state index contributed by atoms with van der Waals surface area (Å²) < 4.78 is 7.23. The Morgan fingerprint density at radius 3 is 2.72 bits per heavy atom. The van der Waals surface area contributed by atoms with E-state index in [-0.39, 0.29) is 0 Å². The number of methoxy groups -OCH3 is 1. The fraction of sp³-hybridized carbons (Fsp3) is 0.231. The van der Waals surface area contributed by atoms with Crippen LogP contribution in [0.2, 0.25) is 0 Å². The minimum atomic E-state index is 0.773. The molecule has 0 saturated heterocycles. The summed E-state index contributed by atoms with van der Waals surface area (Å²) in [7, 11) is 5.42. The Kier molecular flexibility index (Phi) is 3.62. The average molecular weight is 244 g/mol. The third kappa shape index (κ3) is 2.51. The van der Waals surface area contributed by atoms with Gasteiger partial charge in [-0.1, -0.05) is 12.1 Å². The topological polar surface area (TPSA) is 42.6 Å². The SMILES string of the molecule is COc1ccccc1/C(=N/N(C)C)n1ccnc1. The van der Waals surface area contributed by atoms with Crippen LogP contribution in [-0.2, 0) is 0 Å². The number of aromatic nitrogens is 2. The number of imidazole rings is 1. The monoisotopic (exact) mass is 244 g/mol. The summed E-state index contributed by atoms with van der Waals surface area (Å²) in [6, 6.07) is 7.78. The molecule has 2 rings (SSSR count). The van der Waals surface area contributed by atoms with Gasteiger partial charge in [-0.3, -0.25) is 4.57 Å². The summed E-state index contributed by atoms with van der Waals surface area (Å²) in [6.07, 6.45) is 5.30. The zero-order valence-electron chi connectivity index (χ0n) is 10.7. The Hall–Kier alpha value is -2.30. The van der Waals surface area contributed by atoms with Crippen molar-refractivity contribution in [2.75, 3.05) is 21.2 Å². The quantitative estimate of drug-likeness (QED) is 0.468. The molecule has 0 saturated carbocycles. The Bertz CT molecular complexity index is 532. The second kappa shape index (κ2) is 5.35. The second-order valence-electron chi connectivity index (χ2n) is 3.94. The molecule has 18 heavy (non-hydrogen) atoms. The maximum atomic E-state index is 5.37. The van der Waals surface area contributed by atoms with Crippen molar-refractivity contribution in [2.45, 2.75) is 0 Å². The van der Waals surface area contributed by atoms with Gasteiger partial charge in [-0.15, -0.1) is 0 Å². The predicted octanol–water partition coefficient (Wildman–Crippen LogP) is 1.66. The van der Waals surface area contributed by atoms with E-state index >= 15 is 0 Å². The lowest BCUT2D eigenvalue weighted by molar-refractivity contribution is 0.411. The molecule has 0 unspecified atom stereocenters. The number of rotatable bonds is 3. The number of hydrogen-bond donors (Lipinski definition) is 0. The molecule has 1 aromatic heterocycles. The summed E-state index contributed by atoms with van der Waals surface area (Å²) in [6.45, 7) is 0. The van der Waals surface area contributed by atoms with Gasteiger partial charge in [-0.25, -0.2) is 4.98 Å². The van der Waals surface area contributed by atoms with Crippen molar-refractivity contribution in [3.63, 3.8) is 0 Å². The van der Waals surface area contributed by atoms with Crippen LogP contribution in [-0.4, -0.2) is 41.6 Å². The van der Waals surface area contributed by atoms with Gasteiger partial charge in [0.25, 0.3) is 0 Å². The van der Waals surface area contributed by atoms with Gasteiger partial charge in [-0.2, -0.15) is 5.10 Å². The molecule has 0 N–H and O–H groups in total. The van der Waals surface area contributed by atoms with E-state index in [2.05, 4.69) is 10.1 Å². The molecule has 0 atom stereocenters. The van der Waals surface area contributed by atoms with E-state index in [9.17, 15) is 0 Å². The fourth-order valence-corrected chi connectivity index (χ4v) is 1.65. The van der Waals surface area contributed by atoms with Gasteiger partial charge in [-0.05, 0) is 12.1 Å². The molecule has 0 aliphatic carbocycles. The van der Waals surface area contributed by atoms with Crippen LogP contribution in [0.3, 0.4) is 0 Å². The van der Waals surface area contributed by atoms with E-state index in [1.807, 2.05) is 49.1 Å². The highest BCUT2D eigenvalue weighted by Gasteiger charge is 2.11. The molecular formula is C13H16N4O. The van der Waals surface area contributed by atoms with Crippen LogP contribution in [0.4, 0.5) is 0 Å². The molecule has 2 aromatic rings. The van der Waals surface area contributed by atoms with Gasteiger partial charge < -0.3 is 9.75 Å². The molecular weight excluding hydrogens is 228 g/mol. The Morgan fingerprint density at radius 2 is 2.11 bits per heavy atom. The van der Waals surface area contributed by atoms with Crippen molar-refractivity contribution >= 4 is 5.84 Å². The summed E-state index contributed by atoms with van der Waals surface area (Å²) >= 11 is 0. The largest absolute Gasteiger partial charge is 0.496 e. The molecule has 0 radical (unpaired) electrons. The first kappa shape index (κ1) is 12.2. The van der Waals surface area contributed by atoms with Crippen LogP contribution in [0.15, 0.2) is 48.1 Å². The van der Waals surface area contributed by atoms with Gasteiger partial charge >= 0.3 is 0 Å². The second-order valence-corrected chi connectivity index (χ2v) is 3.94. The number of hydrazone groups is 1. The normalized spacial score (nSPS) is 11.4. The third-order valence-corrected chi connectivity index (χ3v) is 2.39. The van der Waals surface area contributed by atoms with Crippen molar-refractivity contribution in [1.82, 2.24) is 14.6 Å². The fourth-order valence-electron chi connectivity index (χ4n) is 1.65. The number of hydrogen-bond acceptors (Lipinski definition) is 4. The molecule has 0 aliphatic heterocycles.